The van der Waals surface area contributed by atoms with E-state index >= 15 is 0 Å². The highest BCUT2D eigenvalue weighted by Gasteiger charge is 2.42. The minimum Gasteiger partial charge on any atom is -0.406 e. The number of hydrogen-bond donors (Lipinski definition) is 3. The number of nitrogens with zero attached hydrogens (tertiary/aromatic N) is 4. The Balaban J connectivity index is 1.46. The fourth-order valence-corrected chi connectivity index (χ4v) is 5.30. The highest BCUT2D eigenvalue weighted by atomic mass is 19.4. The van der Waals surface area contributed by atoms with Gasteiger partial charge in [-0.15, -0.1) is 13.2 Å². The molecular weight excluding hydrogens is 477 g/mol. The summed E-state index contributed by atoms with van der Waals surface area (Å²) in [6.45, 7) is 1.33. The van der Waals surface area contributed by atoms with Crippen LogP contribution >= 0.6 is 0 Å². The molecule has 1 aromatic carbocycles. The smallest absolute Gasteiger partial charge is 0.406 e. The molecule has 36 heavy (non-hydrogen) atoms. The van der Waals surface area contributed by atoms with Crippen molar-refractivity contribution in [3.8, 4) is 11.8 Å². The van der Waals surface area contributed by atoms with Gasteiger partial charge in [0.2, 0.25) is 0 Å². The molecule has 12 heteroatoms. The maximum absolute atomic E-state index is 12.8. The summed E-state index contributed by atoms with van der Waals surface area (Å²) in [7, 11) is 0. The summed E-state index contributed by atoms with van der Waals surface area (Å²) < 4.78 is 43.1. The molecular formula is C24H25F3N6O3. The summed E-state index contributed by atoms with van der Waals surface area (Å²) in [5.41, 5.74) is 0.0270. The molecule has 3 heterocycles. The number of alkyl halides is 3. The predicted octanol–water partition coefficient (Wildman–Crippen LogP) is 3.59. The standard InChI is InChI=1S/C24H25F3N6O3/c25-24(26,27)36-18-3-1-15(2-4-18)30-21-20-19(7-12-29-22(20)35)33(31-21)23(10-11-28)8-5-16(6-9-23)32-13-17(34)14-32/h1-4,7,12,16-17,34H,5-6,8-10,13-14H2,(H,29,35)(H,30,31)/t16-,23-. The number of H-pyrrole nitrogens is 1. The van der Waals surface area contributed by atoms with E-state index in [1.165, 1.54) is 30.5 Å². The molecule has 5 rings (SSSR count). The molecule has 0 radical (unpaired) electrons. The Hall–Kier alpha value is -3.56. The summed E-state index contributed by atoms with van der Waals surface area (Å²) >= 11 is 0. The number of hydrogen-bond acceptors (Lipinski definition) is 7. The Morgan fingerprint density at radius 3 is 2.53 bits per heavy atom. The number of nitriles is 1. The van der Waals surface area contributed by atoms with Gasteiger partial charge < -0.3 is 20.1 Å². The molecule has 190 valence electrons. The summed E-state index contributed by atoms with van der Waals surface area (Å²) in [4.78, 5) is 17.7. The topological polar surface area (TPSA) is 119 Å². The van der Waals surface area contributed by atoms with Crippen molar-refractivity contribution in [1.82, 2.24) is 19.7 Å². The van der Waals surface area contributed by atoms with Crippen molar-refractivity contribution in [2.45, 2.75) is 56.2 Å². The molecule has 3 N–H and O–H groups in total. The van der Waals surface area contributed by atoms with Crippen LogP contribution in [-0.2, 0) is 5.54 Å². The summed E-state index contributed by atoms with van der Waals surface area (Å²) in [6, 6.07) is 9.52. The monoisotopic (exact) mass is 502 g/mol. The van der Waals surface area contributed by atoms with Gasteiger partial charge in [0.05, 0.1) is 29.6 Å². The van der Waals surface area contributed by atoms with Crippen LogP contribution in [0.1, 0.15) is 32.1 Å². The van der Waals surface area contributed by atoms with Crippen LogP contribution in [0.15, 0.2) is 41.3 Å². The number of aliphatic hydroxyl groups is 1. The number of rotatable bonds is 6. The fraction of sp³-hybridized carbons (Fsp3) is 0.458. The molecule has 0 atom stereocenters. The minimum absolute atomic E-state index is 0.217. The van der Waals surface area contributed by atoms with Crippen LogP contribution < -0.4 is 15.6 Å². The van der Waals surface area contributed by atoms with Crippen molar-refractivity contribution in [2.24, 2.45) is 0 Å². The number of aromatic amines is 1. The third-order valence-electron chi connectivity index (χ3n) is 7.10. The number of aliphatic hydroxyl groups excluding tert-OH is 1. The van der Waals surface area contributed by atoms with Crippen molar-refractivity contribution >= 4 is 22.4 Å². The Morgan fingerprint density at radius 1 is 1.22 bits per heavy atom. The molecule has 9 nitrogen and oxygen atoms in total. The zero-order valence-corrected chi connectivity index (χ0v) is 19.3. The zero-order chi connectivity index (χ0) is 25.5. The predicted molar refractivity (Wildman–Crippen MR) is 125 cm³/mol. The van der Waals surface area contributed by atoms with E-state index in [1.807, 2.05) is 0 Å². The molecule has 1 saturated heterocycles. The number of pyridine rings is 1. The first-order valence-electron chi connectivity index (χ1n) is 11.7. The Labute approximate surface area is 204 Å². The maximum Gasteiger partial charge on any atom is 0.573 e. The number of halogens is 3. The quantitative estimate of drug-likeness (QED) is 0.471. The normalized spacial score (nSPS) is 23.2. The number of likely N-dealkylation sites (tertiary alicyclic amines) is 1. The zero-order valence-electron chi connectivity index (χ0n) is 19.3. The fourth-order valence-electron chi connectivity index (χ4n) is 5.30. The van der Waals surface area contributed by atoms with Crippen molar-refractivity contribution in [3.05, 3.63) is 46.9 Å². The third-order valence-corrected chi connectivity index (χ3v) is 7.10. The van der Waals surface area contributed by atoms with Crippen molar-refractivity contribution < 1.29 is 23.0 Å². The first-order valence-corrected chi connectivity index (χ1v) is 11.7. The molecule has 1 saturated carbocycles. The Morgan fingerprint density at radius 2 is 1.92 bits per heavy atom. The van der Waals surface area contributed by atoms with Crippen LogP contribution in [0.5, 0.6) is 5.75 Å². The van der Waals surface area contributed by atoms with E-state index in [1.54, 1.807) is 10.7 Å². The number of anilines is 2. The van der Waals surface area contributed by atoms with Gasteiger partial charge in [0.25, 0.3) is 5.56 Å². The number of aromatic nitrogens is 3. The molecule has 2 fully saturated rings. The Kier molecular flexibility index (Phi) is 6.13. The average Bonchev–Trinajstić information content (AvgIpc) is 3.18. The van der Waals surface area contributed by atoms with Gasteiger partial charge in [0.1, 0.15) is 11.1 Å². The number of nitrogens with one attached hydrogen (secondary N) is 2. The summed E-state index contributed by atoms with van der Waals surface area (Å²) in [5, 5.41) is 27.4. The van der Waals surface area contributed by atoms with Crippen molar-refractivity contribution in [3.63, 3.8) is 0 Å². The third kappa shape index (κ3) is 4.64. The van der Waals surface area contributed by atoms with Crippen LogP contribution in [0, 0.1) is 11.3 Å². The largest absolute Gasteiger partial charge is 0.573 e. The van der Waals surface area contributed by atoms with Crippen LogP contribution in [-0.4, -0.2) is 56.4 Å². The van der Waals surface area contributed by atoms with Gasteiger partial charge in [-0.3, -0.25) is 14.4 Å². The second-order valence-electron chi connectivity index (χ2n) is 9.42. The number of fused-ring (bicyclic) bond motifs is 1. The average molecular weight is 502 g/mol. The lowest BCUT2D eigenvalue weighted by Crippen LogP contribution is -2.57. The van der Waals surface area contributed by atoms with Gasteiger partial charge in [-0.05, 0) is 56.0 Å². The second-order valence-corrected chi connectivity index (χ2v) is 9.42. The number of ether oxygens (including phenoxy) is 1. The van der Waals surface area contributed by atoms with Crippen molar-refractivity contribution in [1.29, 1.82) is 5.26 Å². The van der Waals surface area contributed by atoms with E-state index in [0.717, 1.165) is 12.8 Å². The van der Waals surface area contributed by atoms with Gasteiger partial charge in [-0.1, -0.05) is 0 Å². The molecule has 0 spiro atoms. The lowest BCUT2D eigenvalue weighted by atomic mass is 9.76. The van der Waals surface area contributed by atoms with Gasteiger partial charge in [-0.2, -0.15) is 10.4 Å². The minimum atomic E-state index is -4.79. The lowest BCUT2D eigenvalue weighted by molar-refractivity contribution is -0.274. The van der Waals surface area contributed by atoms with E-state index < -0.39 is 11.9 Å². The van der Waals surface area contributed by atoms with Crippen LogP contribution in [0.3, 0.4) is 0 Å². The van der Waals surface area contributed by atoms with Crippen molar-refractivity contribution in [2.75, 3.05) is 18.4 Å². The highest BCUT2D eigenvalue weighted by Crippen LogP contribution is 2.42. The summed E-state index contributed by atoms with van der Waals surface area (Å²) in [6.07, 6.45) is -0.279. The molecule has 3 aromatic rings. The Bertz CT molecular complexity index is 1330. The van der Waals surface area contributed by atoms with E-state index in [2.05, 4.69) is 26.0 Å². The summed E-state index contributed by atoms with van der Waals surface area (Å²) in [5.74, 6) is -0.109. The van der Waals surface area contributed by atoms with Gasteiger partial charge in [0.15, 0.2) is 5.82 Å². The lowest BCUT2D eigenvalue weighted by Gasteiger charge is -2.47. The molecule has 0 bridgehead atoms. The van der Waals surface area contributed by atoms with Crippen LogP contribution in [0.4, 0.5) is 24.7 Å². The highest BCUT2D eigenvalue weighted by molar-refractivity contribution is 5.91. The molecule has 0 amide bonds. The number of β-amino-alcohol motifs (C(OH)–C–C–N with tert-alkyl or cyclic N) is 1. The first-order chi connectivity index (χ1) is 17.2. The van der Waals surface area contributed by atoms with Gasteiger partial charge in [0, 0.05) is 31.0 Å². The van der Waals surface area contributed by atoms with E-state index in [9.17, 15) is 28.3 Å². The van der Waals surface area contributed by atoms with Crippen LogP contribution in [0.25, 0.3) is 10.9 Å². The molecule has 1 aliphatic carbocycles. The SMILES string of the molecule is N#CC[C@]1(n2nc(Nc3ccc(OC(F)(F)F)cc3)c3c(=O)[nH]ccc32)CC[C@H](N2CC(O)C2)CC1. The van der Waals surface area contributed by atoms with Crippen LogP contribution in [0.2, 0.25) is 0 Å². The van der Waals surface area contributed by atoms with E-state index in [4.69, 9.17) is 5.10 Å². The molecule has 2 aliphatic rings. The van der Waals surface area contributed by atoms with Gasteiger partial charge >= 0.3 is 6.36 Å². The van der Waals surface area contributed by atoms with Gasteiger partial charge in [-0.25, -0.2) is 0 Å². The molecule has 1 aliphatic heterocycles. The molecule has 2 aromatic heterocycles. The second kappa shape index (κ2) is 9.15. The van der Waals surface area contributed by atoms with E-state index in [0.29, 0.717) is 48.6 Å². The molecule has 0 unspecified atom stereocenters. The maximum atomic E-state index is 12.8. The number of benzene rings is 1. The first kappa shape index (κ1) is 24.1. The van der Waals surface area contributed by atoms with E-state index in [-0.39, 0.29) is 29.7 Å².